The maximum atomic E-state index is 8.55. The molecule has 62 valence electrons. The highest BCUT2D eigenvalue weighted by Crippen LogP contribution is 1.97. The van der Waals surface area contributed by atoms with Crippen LogP contribution in [0.5, 0.6) is 0 Å². The molecule has 0 aliphatic carbocycles. The minimum absolute atomic E-state index is 0.0276. The van der Waals surface area contributed by atoms with E-state index in [1.165, 1.54) is 0 Å². The zero-order chi connectivity index (χ0) is 8.69. The van der Waals surface area contributed by atoms with Gasteiger partial charge in [-0.05, 0) is 33.4 Å². The minimum Gasteiger partial charge on any atom is -0.291 e. The molecule has 11 heavy (non-hydrogen) atoms. The Morgan fingerprint density at radius 2 is 2.36 bits per heavy atom. The average molecular weight is 152 g/mol. The normalized spacial score (nSPS) is 12.5. The second kappa shape index (κ2) is 5.94. The third-order valence-electron chi connectivity index (χ3n) is 1.77. The summed E-state index contributed by atoms with van der Waals surface area (Å²) < 4.78 is 0. The van der Waals surface area contributed by atoms with Crippen LogP contribution in [0, 0.1) is 11.3 Å². The number of hydrogen-bond donors (Lipinski definition) is 0. The average Bonchev–Trinajstić information content (AvgIpc) is 2.03. The highest BCUT2D eigenvalue weighted by molar-refractivity contribution is 4.86. The predicted molar refractivity (Wildman–Crippen MR) is 47.1 cm³/mol. The van der Waals surface area contributed by atoms with Gasteiger partial charge in [0.05, 0.1) is 12.1 Å². The standard InChI is InChI=1S/C9H16N2/c1-4-5-6-7-11(3)9(2)8-10/h4,9H,1,5-7H2,2-3H3. The summed E-state index contributed by atoms with van der Waals surface area (Å²) in [6.07, 6.45) is 4.03. The van der Waals surface area contributed by atoms with Gasteiger partial charge in [0.2, 0.25) is 0 Å². The summed E-state index contributed by atoms with van der Waals surface area (Å²) in [7, 11) is 1.97. The van der Waals surface area contributed by atoms with E-state index in [4.69, 9.17) is 5.26 Å². The summed E-state index contributed by atoms with van der Waals surface area (Å²) in [6.45, 7) is 6.52. The molecule has 0 aliphatic rings. The monoisotopic (exact) mass is 152 g/mol. The van der Waals surface area contributed by atoms with Crippen LogP contribution in [0.4, 0.5) is 0 Å². The largest absolute Gasteiger partial charge is 0.291 e. The van der Waals surface area contributed by atoms with E-state index in [-0.39, 0.29) is 6.04 Å². The quantitative estimate of drug-likeness (QED) is 0.443. The Kier molecular flexibility index (Phi) is 5.50. The van der Waals surface area contributed by atoms with Crippen molar-refractivity contribution in [1.29, 1.82) is 5.26 Å². The van der Waals surface area contributed by atoms with Gasteiger partial charge in [-0.15, -0.1) is 6.58 Å². The van der Waals surface area contributed by atoms with Crippen LogP contribution in [0.2, 0.25) is 0 Å². The van der Waals surface area contributed by atoms with Crippen molar-refractivity contribution in [2.45, 2.75) is 25.8 Å². The number of nitriles is 1. The van der Waals surface area contributed by atoms with Crippen LogP contribution in [-0.4, -0.2) is 24.5 Å². The van der Waals surface area contributed by atoms with Gasteiger partial charge in [-0.1, -0.05) is 6.08 Å². The van der Waals surface area contributed by atoms with Crippen LogP contribution in [0.3, 0.4) is 0 Å². The lowest BCUT2D eigenvalue weighted by Gasteiger charge is -2.17. The van der Waals surface area contributed by atoms with Crippen molar-refractivity contribution in [3.05, 3.63) is 12.7 Å². The summed E-state index contributed by atoms with van der Waals surface area (Å²) in [5.74, 6) is 0. The van der Waals surface area contributed by atoms with Gasteiger partial charge in [0.25, 0.3) is 0 Å². The Labute approximate surface area is 69.1 Å². The summed E-state index contributed by atoms with van der Waals surface area (Å²) in [6, 6.07) is 2.22. The number of unbranched alkanes of at least 4 members (excludes halogenated alkanes) is 1. The van der Waals surface area contributed by atoms with E-state index in [1.807, 2.05) is 24.9 Å². The fourth-order valence-electron chi connectivity index (χ4n) is 0.777. The molecule has 0 aromatic rings. The fourth-order valence-corrected chi connectivity index (χ4v) is 0.777. The molecule has 0 saturated heterocycles. The summed E-state index contributed by atoms with van der Waals surface area (Å²) in [4.78, 5) is 2.05. The molecule has 0 aromatic heterocycles. The van der Waals surface area contributed by atoms with E-state index in [2.05, 4.69) is 12.6 Å². The maximum Gasteiger partial charge on any atom is 0.0946 e. The second-order valence-electron chi connectivity index (χ2n) is 2.72. The Morgan fingerprint density at radius 1 is 1.73 bits per heavy atom. The molecule has 2 nitrogen and oxygen atoms in total. The molecular formula is C9H16N2. The van der Waals surface area contributed by atoms with E-state index in [1.54, 1.807) is 0 Å². The van der Waals surface area contributed by atoms with Crippen molar-refractivity contribution in [1.82, 2.24) is 4.90 Å². The van der Waals surface area contributed by atoms with Gasteiger partial charge in [0.1, 0.15) is 0 Å². The molecule has 0 fully saturated rings. The number of rotatable bonds is 5. The van der Waals surface area contributed by atoms with Crippen LogP contribution in [0.1, 0.15) is 19.8 Å². The molecule has 1 atom stereocenters. The molecule has 0 radical (unpaired) electrons. The molecule has 0 saturated carbocycles. The lowest BCUT2D eigenvalue weighted by Crippen LogP contribution is -2.28. The van der Waals surface area contributed by atoms with Crippen LogP contribution in [0.15, 0.2) is 12.7 Å². The zero-order valence-corrected chi connectivity index (χ0v) is 7.38. The molecule has 1 unspecified atom stereocenters. The summed E-state index contributed by atoms with van der Waals surface area (Å²) in [5.41, 5.74) is 0. The molecule has 0 aliphatic heterocycles. The van der Waals surface area contributed by atoms with E-state index in [0.29, 0.717) is 0 Å². The van der Waals surface area contributed by atoms with E-state index in [9.17, 15) is 0 Å². The first-order valence-corrected chi connectivity index (χ1v) is 3.93. The molecule has 0 heterocycles. The van der Waals surface area contributed by atoms with Gasteiger partial charge in [-0.25, -0.2) is 0 Å². The van der Waals surface area contributed by atoms with Gasteiger partial charge >= 0.3 is 0 Å². The van der Waals surface area contributed by atoms with Crippen molar-refractivity contribution in [2.75, 3.05) is 13.6 Å². The lowest BCUT2D eigenvalue weighted by atomic mass is 10.2. The Bertz CT molecular complexity index is 146. The van der Waals surface area contributed by atoms with Crippen molar-refractivity contribution < 1.29 is 0 Å². The topological polar surface area (TPSA) is 27.0 Å². The zero-order valence-electron chi connectivity index (χ0n) is 7.38. The summed E-state index contributed by atoms with van der Waals surface area (Å²) in [5, 5.41) is 8.55. The van der Waals surface area contributed by atoms with Gasteiger partial charge < -0.3 is 0 Å². The van der Waals surface area contributed by atoms with Crippen LogP contribution in [-0.2, 0) is 0 Å². The molecule has 0 spiro atoms. The molecule has 0 rings (SSSR count). The number of hydrogen-bond acceptors (Lipinski definition) is 2. The molecule has 0 aromatic carbocycles. The van der Waals surface area contributed by atoms with E-state index < -0.39 is 0 Å². The Hall–Kier alpha value is -0.810. The SMILES string of the molecule is C=CCCCN(C)C(C)C#N. The lowest BCUT2D eigenvalue weighted by molar-refractivity contribution is 0.299. The van der Waals surface area contributed by atoms with Crippen molar-refractivity contribution in [2.24, 2.45) is 0 Å². The van der Waals surface area contributed by atoms with Crippen molar-refractivity contribution in [3.63, 3.8) is 0 Å². The summed E-state index contributed by atoms with van der Waals surface area (Å²) >= 11 is 0. The molecule has 0 N–H and O–H groups in total. The molecular weight excluding hydrogens is 136 g/mol. The Balaban J connectivity index is 3.45. The first-order valence-electron chi connectivity index (χ1n) is 3.93. The predicted octanol–water partition coefficient (Wildman–Crippen LogP) is 1.80. The maximum absolute atomic E-state index is 8.55. The van der Waals surface area contributed by atoms with Crippen LogP contribution in [0.25, 0.3) is 0 Å². The van der Waals surface area contributed by atoms with Gasteiger partial charge in [0.15, 0.2) is 0 Å². The third-order valence-corrected chi connectivity index (χ3v) is 1.77. The van der Waals surface area contributed by atoms with Crippen molar-refractivity contribution >= 4 is 0 Å². The molecule has 0 amide bonds. The first kappa shape index (κ1) is 10.2. The second-order valence-corrected chi connectivity index (χ2v) is 2.72. The van der Waals surface area contributed by atoms with E-state index in [0.717, 1.165) is 19.4 Å². The van der Waals surface area contributed by atoms with Gasteiger partial charge in [-0.2, -0.15) is 5.26 Å². The smallest absolute Gasteiger partial charge is 0.0946 e. The van der Waals surface area contributed by atoms with Crippen LogP contribution >= 0.6 is 0 Å². The first-order chi connectivity index (χ1) is 5.22. The molecule has 0 bridgehead atoms. The number of allylic oxidation sites excluding steroid dienone is 1. The minimum atomic E-state index is 0.0276. The fraction of sp³-hybridized carbons (Fsp3) is 0.667. The van der Waals surface area contributed by atoms with E-state index >= 15 is 0 Å². The van der Waals surface area contributed by atoms with Crippen molar-refractivity contribution in [3.8, 4) is 6.07 Å². The molecule has 2 heteroatoms. The number of nitrogens with zero attached hydrogens (tertiary/aromatic N) is 2. The highest BCUT2D eigenvalue weighted by Gasteiger charge is 2.04. The highest BCUT2D eigenvalue weighted by atomic mass is 15.1. The van der Waals surface area contributed by atoms with Gasteiger partial charge in [-0.3, -0.25) is 4.90 Å². The third kappa shape index (κ3) is 4.58. The van der Waals surface area contributed by atoms with Gasteiger partial charge in [0, 0.05) is 0 Å². The Morgan fingerprint density at radius 3 is 2.82 bits per heavy atom. The van der Waals surface area contributed by atoms with Crippen LogP contribution < -0.4 is 0 Å².